The summed E-state index contributed by atoms with van der Waals surface area (Å²) >= 11 is 0. The van der Waals surface area contributed by atoms with Crippen molar-refractivity contribution in [2.45, 2.75) is 19.6 Å². The summed E-state index contributed by atoms with van der Waals surface area (Å²) < 4.78 is 5.62. The lowest BCUT2D eigenvalue weighted by molar-refractivity contribution is 0.0968. The van der Waals surface area contributed by atoms with Gasteiger partial charge in [0.2, 0.25) is 0 Å². The molecule has 0 saturated carbocycles. The Balaban J connectivity index is 1.98. The molecule has 4 heteroatoms. The van der Waals surface area contributed by atoms with Gasteiger partial charge in [-0.15, -0.1) is 0 Å². The molecule has 0 N–H and O–H groups in total. The molecule has 0 saturated heterocycles. The van der Waals surface area contributed by atoms with Gasteiger partial charge in [0.25, 0.3) is 0 Å². The summed E-state index contributed by atoms with van der Waals surface area (Å²) in [5.41, 5.74) is 1.54. The monoisotopic (exact) mass is 269 g/mol. The second-order valence-electron chi connectivity index (χ2n) is 4.44. The van der Waals surface area contributed by atoms with E-state index < -0.39 is 6.04 Å². The normalized spacial score (nSPS) is 11.7. The number of ketones is 1. The number of hydrogen-bond donors (Lipinski definition) is 0. The lowest BCUT2D eigenvalue weighted by Crippen LogP contribution is -2.13. The highest BCUT2D eigenvalue weighted by atomic mass is 16.5. The topological polar surface area (TPSA) is 55.7 Å². The predicted molar refractivity (Wildman–Crippen MR) is 76.8 cm³/mol. The Morgan fingerprint density at radius 1 is 1.10 bits per heavy atom. The lowest BCUT2D eigenvalue weighted by atomic mass is 10.1. The quantitative estimate of drug-likeness (QED) is 0.594. The molecule has 0 fully saturated rings. The Kier molecular flexibility index (Phi) is 4.60. The van der Waals surface area contributed by atoms with Crippen LogP contribution in [0.4, 0.5) is 0 Å². The van der Waals surface area contributed by atoms with Crippen LogP contribution in [0, 0.1) is 4.91 Å². The van der Waals surface area contributed by atoms with Gasteiger partial charge in [0, 0.05) is 5.56 Å². The van der Waals surface area contributed by atoms with Gasteiger partial charge in [-0.2, -0.15) is 4.91 Å². The molecule has 0 radical (unpaired) electrons. The largest absolute Gasteiger partial charge is 0.489 e. The maximum Gasteiger partial charge on any atom is 0.190 e. The highest BCUT2D eigenvalue weighted by Gasteiger charge is 2.15. The summed E-state index contributed by atoms with van der Waals surface area (Å²) in [6.45, 7) is 1.95. The molecule has 0 amide bonds. The molecule has 4 nitrogen and oxygen atoms in total. The molecule has 0 aliphatic carbocycles. The smallest absolute Gasteiger partial charge is 0.190 e. The molecule has 0 spiro atoms. The average Bonchev–Trinajstić information content (AvgIpc) is 2.53. The van der Waals surface area contributed by atoms with Gasteiger partial charge in [-0.3, -0.25) is 4.79 Å². The number of nitrogens with zero attached hydrogens (tertiary/aromatic N) is 1. The highest BCUT2D eigenvalue weighted by Crippen LogP contribution is 2.15. The SMILES string of the molecule is CC(N=O)C(=O)c1ccc(OCc2ccccc2)cc1. The molecule has 0 aromatic heterocycles. The van der Waals surface area contributed by atoms with Gasteiger partial charge in [0.05, 0.1) is 0 Å². The average molecular weight is 269 g/mol. The Labute approximate surface area is 117 Å². The summed E-state index contributed by atoms with van der Waals surface area (Å²) in [5, 5.41) is 2.73. The summed E-state index contributed by atoms with van der Waals surface area (Å²) in [4.78, 5) is 22.1. The molecule has 1 atom stereocenters. The molecule has 0 aliphatic rings. The Morgan fingerprint density at radius 2 is 1.75 bits per heavy atom. The minimum Gasteiger partial charge on any atom is -0.489 e. The third kappa shape index (κ3) is 3.51. The van der Waals surface area contributed by atoms with Crippen LogP contribution in [-0.4, -0.2) is 11.8 Å². The van der Waals surface area contributed by atoms with Crippen LogP contribution < -0.4 is 4.74 Å². The first kappa shape index (κ1) is 13.9. The van der Waals surface area contributed by atoms with Crippen LogP contribution in [0.15, 0.2) is 59.8 Å². The van der Waals surface area contributed by atoms with Gasteiger partial charge in [0.1, 0.15) is 12.4 Å². The number of carbonyl (C=O) groups is 1. The maximum absolute atomic E-state index is 11.7. The van der Waals surface area contributed by atoms with E-state index in [-0.39, 0.29) is 5.78 Å². The minimum atomic E-state index is -0.855. The van der Waals surface area contributed by atoms with Crippen LogP contribution >= 0.6 is 0 Å². The van der Waals surface area contributed by atoms with Gasteiger partial charge in [0.15, 0.2) is 11.8 Å². The fraction of sp³-hybridized carbons (Fsp3) is 0.188. The zero-order chi connectivity index (χ0) is 14.4. The standard InChI is InChI=1S/C16H15NO3/c1-12(17-19)16(18)14-7-9-15(10-8-14)20-11-13-5-3-2-4-6-13/h2-10,12H,11H2,1H3. The fourth-order valence-corrected chi connectivity index (χ4v) is 1.75. The Hall–Kier alpha value is -2.49. The van der Waals surface area contributed by atoms with E-state index in [0.29, 0.717) is 17.9 Å². The second kappa shape index (κ2) is 6.61. The zero-order valence-corrected chi connectivity index (χ0v) is 11.2. The van der Waals surface area contributed by atoms with Crippen molar-refractivity contribution >= 4 is 5.78 Å². The molecule has 2 aromatic carbocycles. The first-order chi connectivity index (χ1) is 9.70. The first-order valence-corrected chi connectivity index (χ1v) is 6.34. The van der Waals surface area contributed by atoms with E-state index in [1.165, 1.54) is 6.92 Å². The van der Waals surface area contributed by atoms with Crippen molar-refractivity contribution in [2.75, 3.05) is 0 Å². The van der Waals surface area contributed by atoms with Crippen LogP contribution in [0.1, 0.15) is 22.8 Å². The van der Waals surface area contributed by atoms with E-state index in [1.54, 1.807) is 24.3 Å². The molecular weight excluding hydrogens is 254 g/mol. The van der Waals surface area contributed by atoms with E-state index in [2.05, 4.69) is 5.18 Å². The van der Waals surface area contributed by atoms with E-state index in [1.807, 2.05) is 30.3 Å². The van der Waals surface area contributed by atoms with Crippen LogP contribution in [-0.2, 0) is 6.61 Å². The Bertz CT molecular complexity index is 578. The third-order valence-electron chi connectivity index (χ3n) is 2.92. The van der Waals surface area contributed by atoms with Crippen molar-refractivity contribution in [1.29, 1.82) is 0 Å². The van der Waals surface area contributed by atoms with Crippen molar-refractivity contribution in [2.24, 2.45) is 5.18 Å². The molecular formula is C16H15NO3. The fourth-order valence-electron chi connectivity index (χ4n) is 1.75. The number of benzene rings is 2. The molecule has 0 bridgehead atoms. The molecule has 2 rings (SSSR count). The van der Waals surface area contributed by atoms with Crippen molar-refractivity contribution in [1.82, 2.24) is 0 Å². The number of ether oxygens (including phenoxy) is 1. The molecule has 1 unspecified atom stereocenters. The van der Waals surface area contributed by atoms with Crippen LogP contribution in [0.3, 0.4) is 0 Å². The maximum atomic E-state index is 11.7. The number of carbonyl (C=O) groups excluding carboxylic acids is 1. The van der Waals surface area contributed by atoms with Gasteiger partial charge in [-0.1, -0.05) is 35.5 Å². The molecule has 2 aromatic rings. The van der Waals surface area contributed by atoms with Crippen LogP contribution in [0.2, 0.25) is 0 Å². The number of rotatable bonds is 6. The number of Topliss-reactive ketones (excluding diaryl/α,β-unsaturated/α-hetero) is 1. The van der Waals surface area contributed by atoms with Crippen LogP contribution in [0.25, 0.3) is 0 Å². The summed E-state index contributed by atoms with van der Waals surface area (Å²) in [6.07, 6.45) is 0. The van der Waals surface area contributed by atoms with Gasteiger partial charge in [-0.05, 0) is 36.8 Å². The van der Waals surface area contributed by atoms with E-state index >= 15 is 0 Å². The van der Waals surface area contributed by atoms with Crippen LogP contribution in [0.5, 0.6) is 5.75 Å². The van der Waals surface area contributed by atoms with Crippen molar-refractivity contribution in [3.05, 3.63) is 70.6 Å². The zero-order valence-electron chi connectivity index (χ0n) is 11.2. The predicted octanol–water partition coefficient (Wildman–Crippen LogP) is 3.60. The second-order valence-corrected chi connectivity index (χ2v) is 4.44. The number of hydrogen-bond acceptors (Lipinski definition) is 4. The number of nitroso groups, excluding NO2 is 1. The summed E-state index contributed by atoms with van der Waals surface area (Å²) in [5.74, 6) is 0.395. The van der Waals surface area contributed by atoms with E-state index in [0.717, 1.165) is 5.56 Å². The van der Waals surface area contributed by atoms with Gasteiger partial charge in [-0.25, -0.2) is 0 Å². The van der Waals surface area contributed by atoms with E-state index in [4.69, 9.17) is 4.74 Å². The summed E-state index contributed by atoms with van der Waals surface area (Å²) in [6, 6.07) is 15.7. The van der Waals surface area contributed by atoms with Crippen molar-refractivity contribution in [3.8, 4) is 5.75 Å². The third-order valence-corrected chi connectivity index (χ3v) is 2.92. The molecule has 0 aliphatic heterocycles. The van der Waals surface area contributed by atoms with E-state index in [9.17, 15) is 9.70 Å². The lowest BCUT2D eigenvalue weighted by Gasteiger charge is -2.07. The van der Waals surface area contributed by atoms with Gasteiger partial charge < -0.3 is 4.74 Å². The molecule has 0 heterocycles. The minimum absolute atomic E-state index is 0.283. The highest BCUT2D eigenvalue weighted by molar-refractivity contribution is 6.00. The van der Waals surface area contributed by atoms with Crippen molar-refractivity contribution < 1.29 is 9.53 Å². The van der Waals surface area contributed by atoms with Gasteiger partial charge >= 0.3 is 0 Å². The summed E-state index contributed by atoms with van der Waals surface area (Å²) in [7, 11) is 0. The Morgan fingerprint density at radius 3 is 2.35 bits per heavy atom. The molecule has 102 valence electrons. The molecule has 20 heavy (non-hydrogen) atoms. The first-order valence-electron chi connectivity index (χ1n) is 6.34. The van der Waals surface area contributed by atoms with Crippen molar-refractivity contribution in [3.63, 3.8) is 0 Å².